The van der Waals surface area contributed by atoms with Gasteiger partial charge in [-0.05, 0) is 50.5 Å². The van der Waals surface area contributed by atoms with Gasteiger partial charge in [0.05, 0.1) is 46.4 Å². The minimum Gasteiger partial charge on any atom is -0.496 e. The van der Waals surface area contributed by atoms with Crippen LogP contribution in [0.4, 0.5) is 0 Å². The molecule has 0 aliphatic rings. The Balaban J connectivity index is 0.00000578. The molecule has 0 N–H and O–H groups in total. The molecule has 0 bridgehead atoms. The second-order valence-electron chi connectivity index (χ2n) is 6.96. The number of allylic oxidation sites excluding steroid dienone is 1. The highest BCUT2D eigenvalue weighted by atomic mass is 35.5. The summed E-state index contributed by atoms with van der Waals surface area (Å²) in [7, 11) is 4.54. The summed E-state index contributed by atoms with van der Waals surface area (Å²) in [4.78, 5) is 28.4. The molecule has 0 unspecified atom stereocenters. The molecule has 0 spiro atoms. The molecule has 1 aromatic carbocycles. The average molecular weight is 494 g/mol. The molecule has 2 rings (SSSR count). The van der Waals surface area contributed by atoms with E-state index < -0.39 is 0 Å². The number of methoxy groups -OCH3 is 3. The van der Waals surface area contributed by atoms with Crippen LogP contribution in [0.1, 0.15) is 48.7 Å². The van der Waals surface area contributed by atoms with Crippen LogP contribution in [0.5, 0.6) is 23.0 Å². The quantitative estimate of drug-likeness (QED) is 0.158. The van der Waals surface area contributed by atoms with Gasteiger partial charge in [-0.3, -0.25) is 14.6 Å². The third-order valence-corrected chi connectivity index (χ3v) is 4.74. The lowest BCUT2D eigenvalue weighted by atomic mass is 10.1. The van der Waals surface area contributed by atoms with Crippen molar-refractivity contribution in [3.05, 3.63) is 47.8 Å². The second kappa shape index (κ2) is 15.6. The number of esters is 1. The predicted molar refractivity (Wildman–Crippen MR) is 132 cm³/mol. The second-order valence-corrected chi connectivity index (χ2v) is 6.96. The predicted octanol–water partition coefficient (Wildman–Crippen LogP) is 4.93. The Morgan fingerprint density at radius 1 is 0.941 bits per heavy atom. The van der Waals surface area contributed by atoms with E-state index in [0.29, 0.717) is 53.9 Å². The number of aromatic nitrogens is 1. The molecule has 0 fully saturated rings. The van der Waals surface area contributed by atoms with Crippen LogP contribution in [0.25, 0.3) is 6.08 Å². The van der Waals surface area contributed by atoms with E-state index in [1.54, 1.807) is 43.5 Å². The summed E-state index contributed by atoms with van der Waals surface area (Å²) < 4.78 is 26.7. The van der Waals surface area contributed by atoms with Gasteiger partial charge in [-0.25, -0.2) is 0 Å². The number of carbonyl (C=O) groups is 2. The zero-order chi connectivity index (χ0) is 24.1. The van der Waals surface area contributed by atoms with Gasteiger partial charge >= 0.3 is 5.97 Å². The highest BCUT2D eigenvalue weighted by Gasteiger charge is 2.16. The van der Waals surface area contributed by atoms with Gasteiger partial charge in [0.2, 0.25) is 0 Å². The normalized spacial score (nSPS) is 10.4. The number of unbranched alkanes of at least 4 members (excludes halogenated alkanes) is 2. The molecule has 0 amide bonds. The summed E-state index contributed by atoms with van der Waals surface area (Å²) in [6, 6.07) is 6.87. The van der Waals surface area contributed by atoms with Gasteiger partial charge < -0.3 is 23.7 Å². The minimum atomic E-state index is -0.272. The summed E-state index contributed by atoms with van der Waals surface area (Å²) >= 11 is 0. The third-order valence-electron chi connectivity index (χ3n) is 4.74. The Morgan fingerprint density at radius 2 is 1.62 bits per heavy atom. The van der Waals surface area contributed by atoms with Crippen LogP contribution in [0, 0.1) is 0 Å². The Labute approximate surface area is 206 Å². The van der Waals surface area contributed by atoms with E-state index in [2.05, 4.69) is 4.98 Å². The van der Waals surface area contributed by atoms with E-state index in [1.165, 1.54) is 27.4 Å². The maximum atomic E-state index is 12.8. The maximum Gasteiger partial charge on any atom is 0.305 e. The number of ketones is 1. The van der Waals surface area contributed by atoms with Gasteiger partial charge in [0, 0.05) is 12.5 Å². The summed E-state index contributed by atoms with van der Waals surface area (Å²) in [5.74, 6) is 1.44. The van der Waals surface area contributed by atoms with Crippen molar-refractivity contribution in [2.75, 3.05) is 34.5 Å². The summed E-state index contributed by atoms with van der Waals surface area (Å²) in [6.07, 6.45) is 7.33. The largest absolute Gasteiger partial charge is 0.496 e. The first-order chi connectivity index (χ1) is 16.0. The van der Waals surface area contributed by atoms with Crippen molar-refractivity contribution in [3.63, 3.8) is 0 Å². The van der Waals surface area contributed by atoms with Gasteiger partial charge in [-0.2, -0.15) is 0 Å². The molecule has 0 aliphatic carbocycles. The first-order valence-corrected chi connectivity index (χ1v) is 10.8. The van der Waals surface area contributed by atoms with Crippen LogP contribution in [0.3, 0.4) is 0 Å². The van der Waals surface area contributed by atoms with Crippen molar-refractivity contribution in [2.45, 2.75) is 32.6 Å². The molecule has 9 heteroatoms. The smallest absolute Gasteiger partial charge is 0.305 e. The Kier molecular flexibility index (Phi) is 13.2. The van der Waals surface area contributed by atoms with Crippen molar-refractivity contribution < 1.29 is 33.3 Å². The number of benzene rings is 1. The number of rotatable bonds is 14. The summed E-state index contributed by atoms with van der Waals surface area (Å²) in [5, 5.41) is 0. The van der Waals surface area contributed by atoms with Crippen LogP contribution in [-0.2, 0) is 9.53 Å². The standard InChI is InChI=1S/C25H31NO7.ClH/c1-5-32-24(28)12-7-6-8-15-33-22-16-18(26-17-23(22)31-4)13-14-19(27)25-20(29-2)10-9-11-21(25)30-3;/h9-11,13-14,16-17H,5-8,12,15H2,1-4H3;1H/b14-13+;. The zero-order valence-corrected chi connectivity index (χ0v) is 20.8. The van der Waals surface area contributed by atoms with E-state index >= 15 is 0 Å². The molecule has 8 nitrogen and oxygen atoms in total. The fraction of sp³-hybridized carbons (Fsp3) is 0.400. The number of hydrogen-bond donors (Lipinski definition) is 0. The fourth-order valence-electron chi connectivity index (χ4n) is 3.10. The molecule has 1 aromatic heterocycles. The van der Waals surface area contributed by atoms with E-state index in [9.17, 15) is 9.59 Å². The van der Waals surface area contributed by atoms with E-state index in [0.717, 1.165) is 19.3 Å². The number of halogens is 1. The highest BCUT2D eigenvalue weighted by Crippen LogP contribution is 2.30. The molecule has 1 heterocycles. The molecule has 0 atom stereocenters. The van der Waals surface area contributed by atoms with Crippen molar-refractivity contribution >= 4 is 30.2 Å². The van der Waals surface area contributed by atoms with Crippen LogP contribution in [-0.4, -0.2) is 51.3 Å². The average Bonchev–Trinajstić information content (AvgIpc) is 2.84. The van der Waals surface area contributed by atoms with Gasteiger partial charge in [-0.15, -0.1) is 12.4 Å². The van der Waals surface area contributed by atoms with Gasteiger partial charge in [0.1, 0.15) is 17.1 Å². The van der Waals surface area contributed by atoms with E-state index in [-0.39, 0.29) is 24.2 Å². The van der Waals surface area contributed by atoms with Crippen LogP contribution in [0.15, 0.2) is 36.5 Å². The molecule has 34 heavy (non-hydrogen) atoms. The van der Waals surface area contributed by atoms with Crippen LogP contribution in [0.2, 0.25) is 0 Å². The number of hydrogen-bond acceptors (Lipinski definition) is 8. The lowest BCUT2D eigenvalue weighted by Gasteiger charge is -2.11. The van der Waals surface area contributed by atoms with Crippen molar-refractivity contribution in [1.82, 2.24) is 4.98 Å². The number of carbonyl (C=O) groups excluding carboxylic acids is 2. The monoisotopic (exact) mass is 493 g/mol. The lowest BCUT2D eigenvalue weighted by molar-refractivity contribution is -0.143. The fourth-order valence-corrected chi connectivity index (χ4v) is 3.10. The highest BCUT2D eigenvalue weighted by molar-refractivity contribution is 6.10. The number of nitrogens with zero attached hydrogens (tertiary/aromatic N) is 1. The first kappa shape index (κ1) is 28.8. The number of pyridine rings is 1. The summed E-state index contributed by atoms with van der Waals surface area (Å²) in [6.45, 7) is 2.66. The van der Waals surface area contributed by atoms with Crippen molar-refractivity contribution in [2.24, 2.45) is 0 Å². The SMILES string of the molecule is CCOC(=O)CCCCCOc1cc(/C=C/C(=O)c2c(OC)cccc2OC)ncc1OC.Cl. The van der Waals surface area contributed by atoms with Crippen molar-refractivity contribution in [1.29, 1.82) is 0 Å². The first-order valence-electron chi connectivity index (χ1n) is 10.8. The molecular formula is C25H32ClNO7. The Morgan fingerprint density at radius 3 is 2.24 bits per heavy atom. The van der Waals surface area contributed by atoms with Crippen LogP contribution < -0.4 is 18.9 Å². The van der Waals surface area contributed by atoms with E-state index in [1.807, 2.05) is 0 Å². The molecule has 0 saturated carbocycles. The number of ether oxygens (including phenoxy) is 5. The van der Waals surface area contributed by atoms with Gasteiger partial charge in [0.25, 0.3) is 0 Å². The Bertz CT molecular complexity index is 940. The third kappa shape index (κ3) is 8.59. The van der Waals surface area contributed by atoms with Gasteiger partial charge in [-0.1, -0.05) is 6.07 Å². The minimum absolute atomic E-state index is 0. The Hall–Kier alpha value is -3.26. The molecule has 0 radical (unpaired) electrons. The molecule has 0 saturated heterocycles. The molecule has 0 aliphatic heterocycles. The molecule has 186 valence electrons. The molecule has 2 aromatic rings. The van der Waals surface area contributed by atoms with E-state index in [4.69, 9.17) is 23.7 Å². The lowest BCUT2D eigenvalue weighted by Crippen LogP contribution is -2.04. The molecular weight excluding hydrogens is 462 g/mol. The zero-order valence-electron chi connectivity index (χ0n) is 20.0. The van der Waals surface area contributed by atoms with Crippen LogP contribution >= 0.6 is 12.4 Å². The van der Waals surface area contributed by atoms with Crippen molar-refractivity contribution in [3.8, 4) is 23.0 Å². The topological polar surface area (TPSA) is 93.2 Å². The summed E-state index contributed by atoms with van der Waals surface area (Å²) in [5.41, 5.74) is 0.877. The van der Waals surface area contributed by atoms with Gasteiger partial charge in [0.15, 0.2) is 17.3 Å². The maximum absolute atomic E-state index is 12.8.